The summed E-state index contributed by atoms with van der Waals surface area (Å²) in [6, 6.07) is 12.1. The molecule has 1 atom stereocenters. The summed E-state index contributed by atoms with van der Waals surface area (Å²) in [6.07, 6.45) is 5.77. The van der Waals surface area contributed by atoms with Gasteiger partial charge in [0.1, 0.15) is 5.75 Å². The van der Waals surface area contributed by atoms with Crippen LogP contribution in [0.2, 0.25) is 5.02 Å². The zero-order valence-corrected chi connectivity index (χ0v) is 22.4. The monoisotopic (exact) mass is 520 g/mol. The predicted octanol–water partition coefficient (Wildman–Crippen LogP) is 6.48. The van der Waals surface area contributed by atoms with Crippen molar-refractivity contribution in [1.29, 1.82) is 0 Å². The smallest absolute Gasteiger partial charge is 0.187 e. The molecule has 0 amide bonds. The zero-order valence-electron chi connectivity index (χ0n) is 20.1. The average Bonchev–Trinajstić information content (AvgIpc) is 3.19. The zero-order chi connectivity index (χ0) is 24.0. The van der Waals surface area contributed by atoms with Crippen LogP contribution in [0.1, 0.15) is 27.6 Å². The highest BCUT2D eigenvalue weighted by molar-refractivity contribution is 7.16. The number of nitrogens with zero attached hydrogens (tertiary/aromatic N) is 2. The highest BCUT2D eigenvalue weighted by Gasteiger charge is 2.25. The molecule has 0 aliphatic heterocycles. The average molecular weight is 522 g/mol. The van der Waals surface area contributed by atoms with E-state index < -0.39 is 0 Å². The molecule has 0 fully saturated rings. The molecule has 5 nitrogen and oxygen atoms in total. The van der Waals surface area contributed by atoms with Crippen LogP contribution in [0.15, 0.2) is 36.4 Å². The van der Waals surface area contributed by atoms with Crippen molar-refractivity contribution in [3.8, 4) is 29.4 Å². The number of aromatic nitrogens is 1. The second-order valence-corrected chi connectivity index (χ2v) is 9.27. The van der Waals surface area contributed by atoms with Gasteiger partial charge in [-0.3, -0.25) is 0 Å². The van der Waals surface area contributed by atoms with E-state index in [0.29, 0.717) is 24.8 Å². The molecule has 0 unspecified atom stereocenters. The molecule has 1 heterocycles. The predicted molar refractivity (Wildman–Crippen MR) is 144 cm³/mol. The number of aryl methyl sites for hydroxylation is 2. The number of thiazole rings is 1. The fourth-order valence-corrected chi connectivity index (χ4v) is 4.97. The summed E-state index contributed by atoms with van der Waals surface area (Å²) in [7, 11) is 5.02. The first kappa shape index (κ1) is 28.0. The number of rotatable bonds is 10. The van der Waals surface area contributed by atoms with Crippen molar-refractivity contribution < 1.29 is 14.2 Å². The summed E-state index contributed by atoms with van der Waals surface area (Å²) in [6.45, 7) is 5.48. The van der Waals surface area contributed by atoms with Crippen LogP contribution in [0, 0.1) is 26.2 Å². The van der Waals surface area contributed by atoms with Gasteiger partial charge in [-0.2, -0.15) is 0 Å². The number of methoxy groups -OCH3 is 3. The van der Waals surface area contributed by atoms with Crippen LogP contribution in [0.4, 0.5) is 5.13 Å². The Kier molecular flexibility index (Phi) is 10.7. The van der Waals surface area contributed by atoms with E-state index in [2.05, 4.69) is 35.1 Å². The van der Waals surface area contributed by atoms with Crippen molar-refractivity contribution in [2.75, 3.05) is 39.4 Å². The van der Waals surface area contributed by atoms with Gasteiger partial charge in [-0.15, -0.1) is 30.2 Å². The van der Waals surface area contributed by atoms with Gasteiger partial charge in [0.2, 0.25) is 0 Å². The normalized spacial score (nSPS) is 11.4. The number of ether oxygens (including phenoxy) is 3. The summed E-state index contributed by atoms with van der Waals surface area (Å²) in [4.78, 5) is 8.15. The number of hydrogen-bond acceptors (Lipinski definition) is 6. The maximum absolute atomic E-state index is 6.59. The molecule has 3 rings (SSSR count). The summed E-state index contributed by atoms with van der Waals surface area (Å²) < 4.78 is 16.2. The lowest BCUT2D eigenvalue weighted by Gasteiger charge is -2.30. The van der Waals surface area contributed by atoms with E-state index in [1.807, 2.05) is 26.0 Å². The fourth-order valence-electron chi connectivity index (χ4n) is 3.76. The van der Waals surface area contributed by atoms with E-state index in [1.54, 1.807) is 32.7 Å². The molecule has 182 valence electrons. The number of anilines is 1. The largest absolute Gasteiger partial charge is 0.496 e. The van der Waals surface area contributed by atoms with Gasteiger partial charge >= 0.3 is 0 Å². The number of halogens is 2. The molecule has 34 heavy (non-hydrogen) atoms. The van der Waals surface area contributed by atoms with Gasteiger partial charge in [-0.05, 0) is 42.7 Å². The third kappa shape index (κ3) is 6.24. The Morgan fingerprint density at radius 3 is 2.41 bits per heavy atom. The minimum Gasteiger partial charge on any atom is -0.496 e. The van der Waals surface area contributed by atoms with Crippen LogP contribution >= 0.6 is 35.3 Å². The van der Waals surface area contributed by atoms with E-state index in [1.165, 1.54) is 0 Å². The molecular weight excluding hydrogens is 491 g/mol. The van der Waals surface area contributed by atoms with E-state index >= 15 is 0 Å². The second kappa shape index (κ2) is 13.0. The fraction of sp³-hybridized carbons (Fsp3) is 0.346. The molecule has 8 heteroatoms. The molecule has 0 bridgehead atoms. The Hall–Kier alpha value is -2.27. The van der Waals surface area contributed by atoms with E-state index in [4.69, 9.17) is 37.2 Å². The van der Waals surface area contributed by atoms with Crippen molar-refractivity contribution in [1.82, 2.24) is 4.98 Å². The Balaban J connectivity index is 0.00000408. The summed E-state index contributed by atoms with van der Waals surface area (Å²) in [5.41, 5.74) is 4.93. The SMILES string of the molecule is C#CCN(c1nc(-c2cc(C)c(OC)cc2Cl)c(C)s1)[C@@H](COC)c1ccc(COC)cc1.Cl. The van der Waals surface area contributed by atoms with E-state index in [0.717, 1.165) is 43.7 Å². The molecule has 0 N–H and O–H groups in total. The standard InChI is InChI=1S/C26H29ClN2O3S.ClH/c1-7-12-29(23(16-31-5)20-10-8-19(9-11-20)15-30-4)26-28-25(18(3)33-26)21-13-17(2)24(32-6)14-22(21)27;/h1,8-11,13-14,23H,12,15-16H2,2-6H3;1H/t23-;/m0./s1. The molecule has 0 radical (unpaired) electrons. The molecule has 2 aromatic carbocycles. The van der Waals surface area contributed by atoms with E-state index in [-0.39, 0.29) is 18.4 Å². The first-order valence-corrected chi connectivity index (χ1v) is 11.7. The highest BCUT2D eigenvalue weighted by Crippen LogP contribution is 2.40. The topological polar surface area (TPSA) is 43.8 Å². The number of hydrogen-bond donors (Lipinski definition) is 0. The Morgan fingerprint density at radius 1 is 1.12 bits per heavy atom. The lowest BCUT2D eigenvalue weighted by atomic mass is 10.0. The Bertz CT molecular complexity index is 1130. The van der Waals surface area contributed by atoms with Crippen LogP contribution < -0.4 is 9.64 Å². The quantitative estimate of drug-likeness (QED) is 0.286. The number of terminal acetylenes is 1. The molecule has 0 aliphatic carbocycles. The maximum atomic E-state index is 6.59. The Morgan fingerprint density at radius 2 is 1.82 bits per heavy atom. The first-order chi connectivity index (χ1) is 15.9. The van der Waals surface area contributed by atoms with Gasteiger partial charge in [0.05, 0.1) is 43.6 Å². The Labute approximate surface area is 217 Å². The molecular formula is C26H30Cl2N2O3S. The van der Waals surface area contributed by atoms with Crippen molar-refractivity contribution in [2.24, 2.45) is 0 Å². The van der Waals surface area contributed by atoms with Crippen molar-refractivity contribution in [3.05, 3.63) is 63.0 Å². The second-order valence-electron chi connectivity index (χ2n) is 7.68. The lowest BCUT2D eigenvalue weighted by Crippen LogP contribution is -2.32. The van der Waals surface area contributed by atoms with E-state index in [9.17, 15) is 0 Å². The van der Waals surface area contributed by atoms with Gasteiger partial charge in [0, 0.05) is 24.7 Å². The van der Waals surface area contributed by atoms with Crippen LogP contribution in [0.5, 0.6) is 5.75 Å². The van der Waals surface area contributed by atoms with Crippen molar-refractivity contribution in [2.45, 2.75) is 26.5 Å². The maximum Gasteiger partial charge on any atom is 0.187 e. The van der Waals surface area contributed by atoms with Crippen LogP contribution in [0.3, 0.4) is 0 Å². The van der Waals surface area contributed by atoms with Crippen LogP contribution in [-0.4, -0.2) is 39.5 Å². The van der Waals surface area contributed by atoms with Gasteiger partial charge in [-0.1, -0.05) is 41.8 Å². The molecule has 0 spiro atoms. The molecule has 0 saturated carbocycles. The third-order valence-corrected chi connectivity index (χ3v) is 6.73. The van der Waals surface area contributed by atoms with Gasteiger partial charge in [0.25, 0.3) is 0 Å². The highest BCUT2D eigenvalue weighted by atomic mass is 35.5. The molecule has 0 aliphatic rings. The van der Waals surface area contributed by atoms with Gasteiger partial charge in [0.15, 0.2) is 5.13 Å². The molecule has 3 aromatic rings. The minimum atomic E-state index is -0.0888. The summed E-state index contributed by atoms with van der Waals surface area (Å²) >= 11 is 8.19. The van der Waals surface area contributed by atoms with Crippen LogP contribution in [-0.2, 0) is 16.1 Å². The first-order valence-electron chi connectivity index (χ1n) is 10.5. The van der Waals surface area contributed by atoms with Crippen molar-refractivity contribution in [3.63, 3.8) is 0 Å². The van der Waals surface area contributed by atoms with Crippen molar-refractivity contribution >= 4 is 40.5 Å². The van der Waals surface area contributed by atoms with Gasteiger partial charge in [-0.25, -0.2) is 4.98 Å². The summed E-state index contributed by atoms with van der Waals surface area (Å²) in [5, 5.41) is 1.43. The third-order valence-electron chi connectivity index (χ3n) is 5.41. The van der Waals surface area contributed by atoms with Gasteiger partial charge < -0.3 is 19.1 Å². The lowest BCUT2D eigenvalue weighted by molar-refractivity contribution is 0.177. The summed E-state index contributed by atoms with van der Waals surface area (Å²) in [5.74, 6) is 3.54. The molecule has 0 saturated heterocycles. The van der Waals surface area contributed by atoms with Crippen LogP contribution in [0.25, 0.3) is 11.3 Å². The number of benzene rings is 2. The minimum absolute atomic E-state index is 0. The molecule has 1 aromatic heterocycles.